The third-order valence-corrected chi connectivity index (χ3v) is 9.99. The zero-order valence-electron chi connectivity index (χ0n) is 37.7. The fourth-order valence-electron chi connectivity index (χ4n) is 6.49. The predicted molar refractivity (Wildman–Crippen MR) is 246 cm³/mol. The number of alkyl halides is 6. The van der Waals surface area contributed by atoms with Crippen molar-refractivity contribution in [2.24, 2.45) is 10.9 Å². The molecule has 6 heterocycles. The van der Waals surface area contributed by atoms with Gasteiger partial charge in [-0.1, -0.05) is 12.1 Å². The lowest BCUT2D eigenvalue weighted by Crippen LogP contribution is -2.37. The van der Waals surface area contributed by atoms with Crippen molar-refractivity contribution in [3.63, 3.8) is 0 Å². The fourth-order valence-corrected chi connectivity index (χ4v) is 6.49. The van der Waals surface area contributed by atoms with Crippen molar-refractivity contribution < 1.29 is 49.4 Å². The van der Waals surface area contributed by atoms with E-state index < -0.39 is 35.1 Å². The average Bonchev–Trinajstić information content (AvgIpc) is 3.35. The highest BCUT2D eigenvalue weighted by atomic mass is 19.4. The van der Waals surface area contributed by atoms with Gasteiger partial charge in [-0.3, -0.25) is 20.2 Å². The van der Waals surface area contributed by atoms with Crippen LogP contribution in [0.2, 0.25) is 0 Å². The number of nitrogens with zero attached hydrogens (tertiary/aromatic N) is 10. The number of hydrazone groups is 1. The number of aromatic nitrogens is 6. The maximum Gasteiger partial charge on any atom is 0.416 e. The number of pyridine rings is 2. The van der Waals surface area contributed by atoms with Crippen LogP contribution in [-0.4, -0.2) is 101 Å². The number of hydrazine groups is 1. The van der Waals surface area contributed by atoms with Crippen molar-refractivity contribution in [1.82, 2.24) is 29.9 Å². The number of carbonyl (C=O) groups is 1. The number of hydrogen-bond acceptors (Lipinski definition) is 17. The van der Waals surface area contributed by atoms with Crippen molar-refractivity contribution in [3.8, 4) is 0 Å². The number of anilines is 8. The molecule has 2 aliphatic rings. The molecule has 4 aromatic heterocycles. The number of ketones is 1. The zero-order valence-corrected chi connectivity index (χ0v) is 37.7. The van der Waals surface area contributed by atoms with Crippen LogP contribution in [0.5, 0.6) is 0 Å². The maximum absolute atomic E-state index is 14.3. The van der Waals surface area contributed by atoms with E-state index in [1.54, 1.807) is 48.0 Å². The van der Waals surface area contributed by atoms with Crippen molar-refractivity contribution in [2.45, 2.75) is 26.2 Å². The molecule has 8 rings (SSSR count). The minimum atomic E-state index is -4.42. The molecule has 2 fully saturated rings. The van der Waals surface area contributed by atoms with Crippen molar-refractivity contribution >= 4 is 57.8 Å². The SMILES string of the molecule is C/C(=N\N(C)c1ncc(F)c(N2CCOCC2)n1)c1ccc(Nc2cccc(C(F)(F)F)c2)cn1.CC(=O)c1ccc(Nc2cccc(C(F)(F)F)c2)cn1.NNc1ncc(F)c(N2CCOCC2)n1. The Morgan fingerprint density at radius 1 is 0.643 bits per heavy atom. The number of ether oxygens (including phenoxy) is 2. The molecule has 0 aliphatic carbocycles. The van der Waals surface area contributed by atoms with Crippen LogP contribution in [0, 0.1) is 11.6 Å². The first-order valence-electron chi connectivity index (χ1n) is 21.2. The first-order chi connectivity index (χ1) is 33.4. The second kappa shape index (κ2) is 23.6. The van der Waals surface area contributed by atoms with Crippen LogP contribution in [0.3, 0.4) is 0 Å². The van der Waals surface area contributed by atoms with Gasteiger partial charge in [0.1, 0.15) is 5.69 Å². The molecule has 70 heavy (non-hydrogen) atoms. The molecule has 2 aliphatic heterocycles. The molecule has 0 bridgehead atoms. The van der Waals surface area contributed by atoms with Gasteiger partial charge in [-0.05, 0) is 67.6 Å². The number of rotatable bonds is 11. The van der Waals surface area contributed by atoms with Crippen LogP contribution in [0.4, 0.5) is 81.4 Å². The van der Waals surface area contributed by atoms with Crippen LogP contribution < -0.4 is 36.7 Å². The lowest BCUT2D eigenvalue weighted by atomic mass is 10.2. The second-order valence-electron chi connectivity index (χ2n) is 15.1. The van der Waals surface area contributed by atoms with Gasteiger partial charge < -0.3 is 29.9 Å². The monoisotopic (exact) mass is 982 g/mol. The van der Waals surface area contributed by atoms with E-state index >= 15 is 0 Å². The highest BCUT2D eigenvalue weighted by Crippen LogP contribution is 2.33. The third-order valence-electron chi connectivity index (χ3n) is 9.99. The number of nitrogens with one attached hydrogen (secondary N) is 3. The first kappa shape index (κ1) is 51.7. The van der Waals surface area contributed by atoms with Gasteiger partial charge in [0, 0.05) is 51.5 Å². The van der Waals surface area contributed by atoms with E-state index in [-0.39, 0.29) is 29.3 Å². The molecular weight excluding hydrogens is 937 g/mol. The Labute approximate surface area is 395 Å². The Balaban J connectivity index is 0.000000192. The Morgan fingerprint density at radius 3 is 1.56 bits per heavy atom. The molecule has 17 nitrogen and oxygen atoms in total. The number of hydrogen-bond donors (Lipinski definition) is 4. The van der Waals surface area contributed by atoms with Crippen LogP contribution in [-0.2, 0) is 21.8 Å². The standard InChI is InChI=1S/C23H23F4N7O.C14H11F3N2O.C8H12FN5O/c1-15(32-33(2)22-29-14-19(24)21(31-22)34-8-10-35-11-9-34)20-7-6-18(13-28-20)30-17-5-3-4-16(12-17)23(25,26)27;1-9(20)13-6-5-12(8-18-13)19-11-4-2-3-10(7-11)14(15,16)17;9-6-5-11-8(13-10)12-7(6)14-1-3-15-4-2-14/h3-7,12-14,30H,8-11H2,1-2H3;2-8,19H,1H3;5H,1-4,10H2,(H,11,12,13)/b32-15+;;. The minimum Gasteiger partial charge on any atom is -0.378 e. The number of carbonyl (C=O) groups excluding carboxylic acids is 1. The number of halogens is 8. The summed E-state index contributed by atoms with van der Waals surface area (Å²) in [4.78, 5) is 38.9. The first-order valence-corrected chi connectivity index (χ1v) is 21.2. The van der Waals surface area contributed by atoms with Crippen molar-refractivity contribution in [1.29, 1.82) is 0 Å². The summed E-state index contributed by atoms with van der Waals surface area (Å²) < 4.78 is 115. The van der Waals surface area contributed by atoms with Crippen LogP contribution in [0.25, 0.3) is 0 Å². The summed E-state index contributed by atoms with van der Waals surface area (Å²) in [5, 5.41) is 11.6. The molecule has 0 radical (unpaired) electrons. The lowest BCUT2D eigenvalue weighted by molar-refractivity contribution is -0.138. The van der Waals surface area contributed by atoms with Crippen molar-refractivity contribution in [2.75, 3.05) is 90.5 Å². The molecule has 2 saturated heterocycles. The van der Waals surface area contributed by atoms with E-state index in [1.165, 1.54) is 48.6 Å². The smallest absolute Gasteiger partial charge is 0.378 e. The molecule has 370 valence electrons. The van der Waals surface area contributed by atoms with Crippen LogP contribution >= 0.6 is 0 Å². The van der Waals surface area contributed by atoms with Crippen molar-refractivity contribution in [3.05, 3.63) is 132 Å². The summed E-state index contributed by atoms with van der Waals surface area (Å²) in [6.07, 6.45) is -3.68. The van der Waals surface area contributed by atoms with E-state index in [0.29, 0.717) is 92.5 Å². The Hall–Kier alpha value is -7.64. The van der Waals surface area contributed by atoms with Gasteiger partial charge in [0.2, 0.25) is 11.9 Å². The summed E-state index contributed by atoms with van der Waals surface area (Å²) in [6, 6.07) is 16.3. The largest absolute Gasteiger partial charge is 0.416 e. The molecule has 0 spiro atoms. The summed E-state index contributed by atoms with van der Waals surface area (Å²) >= 11 is 0. The molecule has 5 N–H and O–H groups in total. The number of morpholine rings is 2. The predicted octanol–water partition coefficient (Wildman–Crippen LogP) is 8.25. The van der Waals surface area contributed by atoms with Gasteiger partial charge in [0.15, 0.2) is 29.1 Å². The second-order valence-corrected chi connectivity index (χ2v) is 15.1. The van der Waals surface area contributed by atoms with E-state index in [9.17, 15) is 39.9 Å². The number of nitrogens with two attached hydrogens (primary N) is 1. The molecule has 6 aromatic rings. The highest BCUT2D eigenvalue weighted by Gasteiger charge is 2.31. The normalized spacial score (nSPS) is 14.1. The molecular formula is C45H46F8N14O3. The molecule has 0 atom stereocenters. The molecule has 0 unspecified atom stereocenters. The molecule has 2 aromatic carbocycles. The number of nitrogen functional groups attached to an aromatic ring is 1. The van der Waals surface area contributed by atoms with E-state index in [4.69, 9.17) is 15.3 Å². The topological polar surface area (TPSA) is 197 Å². The van der Waals surface area contributed by atoms with Gasteiger partial charge >= 0.3 is 12.4 Å². The molecule has 0 amide bonds. The maximum atomic E-state index is 14.3. The number of Topliss-reactive ketones (excluding diaryl/α,β-unsaturated/α-hetero) is 1. The van der Waals surface area contributed by atoms with Gasteiger partial charge in [0.25, 0.3) is 0 Å². The lowest BCUT2D eigenvalue weighted by Gasteiger charge is -2.28. The zero-order chi connectivity index (χ0) is 50.4. The van der Waals surface area contributed by atoms with Gasteiger partial charge in [0.05, 0.1) is 85.1 Å². The summed E-state index contributed by atoms with van der Waals surface area (Å²) in [6.45, 7) is 7.59. The summed E-state index contributed by atoms with van der Waals surface area (Å²) in [5.41, 5.74) is 3.84. The van der Waals surface area contributed by atoms with E-state index in [2.05, 4.69) is 51.1 Å². The molecule has 0 saturated carbocycles. The Morgan fingerprint density at radius 2 is 1.11 bits per heavy atom. The van der Waals surface area contributed by atoms with Gasteiger partial charge in [-0.25, -0.2) is 29.6 Å². The summed E-state index contributed by atoms with van der Waals surface area (Å²) in [7, 11) is 1.64. The minimum absolute atomic E-state index is 0.171. The quantitative estimate of drug-likeness (QED) is 0.0318. The molecule has 25 heteroatoms. The highest BCUT2D eigenvalue weighted by molar-refractivity contribution is 5.97. The van der Waals surface area contributed by atoms with Gasteiger partial charge in [-0.15, -0.1) is 0 Å². The van der Waals surface area contributed by atoms with Crippen LogP contribution in [0.1, 0.15) is 41.2 Å². The Kier molecular flexibility index (Phi) is 17.4. The van der Waals surface area contributed by atoms with Gasteiger partial charge in [-0.2, -0.15) is 41.4 Å². The van der Waals surface area contributed by atoms with Crippen LogP contribution in [0.15, 0.2) is 103 Å². The van der Waals surface area contributed by atoms with E-state index in [0.717, 1.165) is 36.7 Å². The fraction of sp³-hybridized carbons (Fsp3) is 0.289. The number of benzene rings is 2. The summed E-state index contributed by atoms with van der Waals surface area (Å²) in [5.74, 6) is 4.91. The third kappa shape index (κ3) is 14.7. The average molecular weight is 983 g/mol. The Bertz CT molecular complexity index is 2700. The van der Waals surface area contributed by atoms with E-state index in [1.807, 2.05) is 0 Å².